The molecule has 6 heteroatoms. The topological polar surface area (TPSA) is 81.7 Å². The van der Waals surface area contributed by atoms with Crippen molar-refractivity contribution in [2.75, 3.05) is 7.11 Å². The maximum atomic E-state index is 11.2. The second kappa shape index (κ2) is 6.00. The summed E-state index contributed by atoms with van der Waals surface area (Å²) in [5.74, 6) is -1.58. The van der Waals surface area contributed by atoms with Gasteiger partial charge in [0.15, 0.2) is 6.04 Å². The fourth-order valence-electron chi connectivity index (χ4n) is 1.04. The van der Waals surface area contributed by atoms with Crippen molar-refractivity contribution in [3.05, 3.63) is 0 Å². The summed E-state index contributed by atoms with van der Waals surface area (Å²) in [6.07, 6.45) is -0.765. The number of hydrogen-bond donors (Lipinski definition) is 1. The van der Waals surface area contributed by atoms with E-state index in [9.17, 15) is 14.4 Å². The molecular weight excluding hydrogens is 202 g/mol. The van der Waals surface area contributed by atoms with Crippen LogP contribution < -0.4 is 5.32 Å². The highest BCUT2D eigenvalue weighted by molar-refractivity contribution is 5.84. The van der Waals surface area contributed by atoms with Gasteiger partial charge in [-0.25, -0.2) is 4.79 Å². The minimum Gasteiger partial charge on any atom is -0.467 e. The molecule has 0 aliphatic heterocycles. The molecule has 0 aliphatic carbocycles. The molecule has 0 fully saturated rings. The summed E-state index contributed by atoms with van der Waals surface area (Å²) in [6.45, 7) is 3.98. The van der Waals surface area contributed by atoms with E-state index in [4.69, 9.17) is 4.74 Å². The van der Waals surface area contributed by atoms with Gasteiger partial charge in [-0.2, -0.15) is 0 Å². The molecule has 1 amide bonds. The highest BCUT2D eigenvalue weighted by atomic mass is 16.6. The van der Waals surface area contributed by atoms with Gasteiger partial charge in [0.25, 0.3) is 0 Å². The number of esters is 2. The van der Waals surface area contributed by atoms with Gasteiger partial charge in [0, 0.05) is 13.8 Å². The predicted molar refractivity (Wildman–Crippen MR) is 50.8 cm³/mol. The van der Waals surface area contributed by atoms with Crippen LogP contribution in [0.25, 0.3) is 0 Å². The normalized spacial score (nSPS) is 13.6. The number of ether oxygens (including phenoxy) is 2. The van der Waals surface area contributed by atoms with Gasteiger partial charge < -0.3 is 14.8 Å². The van der Waals surface area contributed by atoms with Gasteiger partial charge >= 0.3 is 11.9 Å². The largest absolute Gasteiger partial charge is 0.467 e. The SMILES string of the molecule is COC(=O)[C@@H](NC(C)=O)[C@@H](C)OC(C)=O. The van der Waals surface area contributed by atoms with Crippen molar-refractivity contribution in [1.82, 2.24) is 5.32 Å². The summed E-state index contributed by atoms with van der Waals surface area (Å²) in [4.78, 5) is 32.7. The molecular formula is C9H15NO5. The van der Waals surface area contributed by atoms with E-state index in [2.05, 4.69) is 10.1 Å². The molecule has 0 bridgehead atoms. The quantitative estimate of drug-likeness (QED) is 0.649. The Labute approximate surface area is 87.9 Å². The van der Waals surface area contributed by atoms with Gasteiger partial charge in [-0.1, -0.05) is 0 Å². The summed E-state index contributed by atoms with van der Waals surface area (Å²) in [5.41, 5.74) is 0. The molecule has 0 radical (unpaired) electrons. The van der Waals surface area contributed by atoms with Gasteiger partial charge in [0.1, 0.15) is 6.10 Å². The number of methoxy groups -OCH3 is 1. The zero-order valence-corrected chi connectivity index (χ0v) is 9.20. The van der Waals surface area contributed by atoms with Crippen molar-refractivity contribution < 1.29 is 23.9 Å². The molecule has 0 aromatic rings. The third kappa shape index (κ3) is 4.99. The van der Waals surface area contributed by atoms with Crippen molar-refractivity contribution in [2.24, 2.45) is 0 Å². The molecule has 15 heavy (non-hydrogen) atoms. The summed E-state index contributed by atoms with van der Waals surface area (Å²) in [6, 6.07) is -0.976. The number of amides is 1. The number of nitrogens with one attached hydrogen (secondary N) is 1. The number of carbonyl (C=O) groups excluding carboxylic acids is 3. The second-order valence-electron chi connectivity index (χ2n) is 3.02. The monoisotopic (exact) mass is 217 g/mol. The summed E-state index contributed by atoms with van der Waals surface area (Å²) in [5, 5.41) is 2.35. The second-order valence-corrected chi connectivity index (χ2v) is 3.02. The van der Waals surface area contributed by atoms with Crippen molar-refractivity contribution in [1.29, 1.82) is 0 Å². The molecule has 0 aliphatic rings. The van der Waals surface area contributed by atoms with Gasteiger partial charge in [-0.05, 0) is 6.92 Å². The zero-order chi connectivity index (χ0) is 12.0. The maximum Gasteiger partial charge on any atom is 0.332 e. The van der Waals surface area contributed by atoms with Gasteiger partial charge in [0.05, 0.1) is 7.11 Å². The van der Waals surface area contributed by atoms with Crippen LogP contribution in [0.1, 0.15) is 20.8 Å². The first-order chi connectivity index (χ1) is 6.88. The van der Waals surface area contributed by atoms with E-state index >= 15 is 0 Å². The lowest BCUT2D eigenvalue weighted by Crippen LogP contribution is -2.48. The first-order valence-corrected chi connectivity index (χ1v) is 4.40. The maximum absolute atomic E-state index is 11.2. The number of carbonyl (C=O) groups is 3. The summed E-state index contributed by atoms with van der Waals surface area (Å²) >= 11 is 0. The van der Waals surface area contributed by atoms with Crippen LogP contribution in [0.15, 0.2) is 0 Å². The van der Waals surface area contributed by atoms with Crippen molar-refractivity contribution in [3.63, 3.8) is 0 Å². The Morgan fingerprint density at radius 3 is 2.07 bits per heavy atom. The Hall–Kier alpha value is -1.59. The minimum absolute atomic E-state index is 0.399. The van der Waals surface area contributed by atoms with Crippen molar-refractivity contribution in [2.45, 2.75) is 32.9 Å². The summed E-state index contributed by atoms with van der Waals surface area (Å²) in [7, 11) is 1.19. The molecule has 2 atom stereocenters. The molecule has 1 N–H and O–H groups in total. The molecule has 0 spiro atoms. The van der Waals surface area contributed by atoms with Crippen LogP contribution in [-0.4, -0.2) is 37.1 Å². The average Bonchev–Trinajstić information content (AvgIpc) is 2.11. The van der Waals surface area contributed by atoms with Crippen LogP contribution in [-0.2, 0) is 23.9 Å². The predicted octanol–water partition coefficient (Wildman–Crippen LogP) is -0.384. The first kappa shape index (κ1) is 13.4. The molecule has 0 saturated heterocycles. The van der Waals surface area contributed by atoms with Gasteiger partial charge in [-0.15, -0.1) is 0 Å². The minimum atomic E-state index is -0.976. The van der Waals surface area contributed by atoms with Crippen LogP contribution >= 0.6 is 0 Å². The van der Waals surface area contributed by atoms with Crippen LogP contribution in [0.2, 0.25) is 0 Å². The molecule has 0 aromatic carbocycles. The van der Waals surface area contributed by atoms with Gasteiger partial charge in [0.2, 0.25) is 5.91 Å². The molecule has 0 heterocycles. The first-order valence-electron chi connectivity index (χ1n) is 4.40. The van der Waals surface area contributed by atoms with E-state index in [0.29, 0.717) is 0 Å². The molecule has 6 nitrogen and oxygen atoms in total. The fraction of sp³-hybridized carbons (Fsp3) is 0.667. The van der Waals surface area contributed by atoms with Crippen LogP contribution in [0.3, 0.4) is 0 Å². The van der Waals surface area contributed by atoms with E-state index in [0.717, 1.165) is 0 Å². The van der Waals surface area contributed by atoms with E-state index in [1.165, 1.54) is 27.9 Å². The molecule has 0 rings (SSSR count). The standard InChI is InChI=1S/C9H15NO5/c1-5(15-7(3)12)8(9(13)14-4)10-6(2)11/h5,8H,1-4H3,(H,10,11)/t5-,8+/m1/s1. The molecule has 0 aromatic heterocycles. The summed E-state index contributed by atoms with van der Waals surface area (Å²) < 4.78 is 9.25. The highest BCUT2D eigenvalue weighted by Gasteiger charge is 2.28. The third-order valence-electron chi connectivity index (χ3n) is 1.64. The average molecular weight is 217 g/mol. The fourth-order valence-corrected chi connectivity index (χ4v) is 1.04. The Morgan fingerprint density at radius 2 is 1.73 bits per heavy atom. The van der Waals surface area contributed by atoms with Crippen LogP contribution in [0, 0.1) is 0 Å². The lowest BCUT2D eigenvalue weighted by Gasteiger charge is -2.21. The molecule has 86 valence electrons. The lowest BCUT2D eigenvalue weighted by molar-refractivity contribution is -0.156. The Balaban J connectivity index is 4.53. The lowest BCUT2D eigenvalue weighted by atomic mass is 10.2. The zero-order valence-electron chi connectivity index (χ0n) is 9.20. The van der Waals surface area contributed by atoms with Crippen molar-refractivity contribution >= 4 is 17.8 Å². The smallest absolute Gasteiger partial charge is 0.332 e. The van der Waals surface area contributed by atoms with E-state index in [1.807, 2.05) is 0 Å². The van der Waals surface area contributed by atoms with Gasteiger partial charge in [-0.3, -0.25) is 9.59 Å². The number of rotatable bonds is 4. The number of hydrogen-bond acceptors (Lipinski definition) is 5. The molecule has 0 unspecified atom stereocenters. The van der Waals surface area contributed by atoms with E-state index < -0.39 is 30.0 Å². The Morgan fingerprint density at radius 1 is 1.20 bits per heavy atom. The van der Waals surface area contributed by atoms with Crippen LogP contribution in [0.5, 0.6) is 0 Å². The van der Waals surface area contributed by atoms with Crippen molar-refractivity contribution in [3.8, 4) is 0 Å². The van der Waals surface area contributed by atoms with E-state index in [1.54, 1.807) is 0 Å². The molecule has 0 saturated carbocycles. The Bertz CT molecular complexity index is 263. The third-order valence-corrected chi connectivity index (χ3v) is 1.64. The van der Waals surface area contributed by atoms with E-state index in [-0.39, 0.29) is 0 Å². The van der Waals surface area contributed by atoms with Crippen LogP contribution in [0.4, 0.5) is 0 Å². The highest BCUT2D eigenvalue weighted by Crippen LogP contribution is 2.01. The Kier molecular flexibility index (Phi) is 5.36.